The van der Waals surface area contributed by atoms with Gasteiger partial charge in [0, 0.05) is 38.5 Å². The number of likely N-dealkylation sites (tertiary alicyclic amines) is 1. The highest BCUT2D eigenvalue weighted by Crippen LogP contribution is 2.28. The molecule has 1 heterocycles. The van der Waals surface area contributed by atoms with Crippen LogP contribution in [-0.4, -0.2) is 62.0 Å². The number of carbonyl (C=O) groups is 2. The maximum atomic E-state index is 12.5. The molecular formula is C21H32N2O4. The van der Waals surface area contributed by atoms with Crippen molar-refractivity contribution in [3.8, 4) is 11.5 Å². The third-order valence-corrected chi connectivity index (χ3v) is 5.35. The largest absolute Gasteiger partial charge is 0.493 e. The number of hydrogen-bond acceptors (Lipinski definition) is 4. The first kappa shape index (κ1) is 21.1. The van der Waals surface area contributed by atoms with Gasteiger partial charge in [0.15, 0.2) is 11.5 Å². The predicted molar refractivity (Wildman–Crippen MR) is 105 cm³/mol. The minimum atomic E-state index is 0.0554. The number of aryl methyl sites for hydroxylation is 1. The number of ether oxygens (including phenoxy) is 2. The van der Waals surface area contributed by atoms with Gasteiger partial charge in [-0.1, -0.05) is 6.07 Å². The lowest BCUT2D eigenvalue weighted by molar-refractivity contribution is -0.140. The van der Waals surface area contributed by atoms with Gasteiger partial charge in [-0.25, -0.2) is 0 Å². The number of carbonyl (C=O) groups excluding carboxylic acids is 2. The Balaban J connectivity index is 1.83. The number of nitrogens with zero attached hydrogens (tertiary/aromatic N) is 2. The lowest BCUT2D eigenvalue weighted by Gasteiger charge is -2.33. The van der Waals surface area contributed by atoms with Crippen molar-refractivity contribution < 1.29 is 19.1 Å². The molecule has 0 spiro atoms. The minimum absolute atomic E-state index is 0.0554. The van der Waals surface area contributed by atoms with Gasteiger partial charge in [-0.05, 0) is 50.8 Å². The molecule has 2 rings (SSSR count). The Kier molecular flexibility index (Phi) is 7.95. The molecule has 1 aliphatic heterocycles. The van der Waals surface area contributed by atoms with Crippen molar-refractivity contribution in [3.05, 3.63) is 23.8 Å². The Morgan fingerprint density at radius 3 is 2.26 bits per heavy atom. The Bertz CT molecular complexity index is 635. The SMILES string of the molecule is CCN(CC)C(=O)C1CCN(C(=O)CCc2ccc(OC)c(OC)c2)CC1. The van der Waals surface area contributed by atoms with Crippen LogP contribution < -0.4 is 9.47 Å². The van der Waals surface area contributed by atoms with Crippen molar-refractivity contribution in [2.75, 3.05) is 40.4 Å². The van der Waals surface area contributed by atoms with Gasteiger partial charge in [0.05, 0.1) is 14.2 Å². The molecular weight excluding hydrogens is 344 g/mol. The van der Waals surface area contributed by atoms with Crippen molar-refractivity contribution in [1.29, 1.82) is 0 Å². The molecule has 0 unspecified atom stereocenters. The molecule has 27 heavy (non-hydrogen) atoms. The van der Waals surface area contributed by atoms with Gasteiger partial charge >= 0.3 is 0 Å². The molecule has 1 aromatic rings. The first-order valence-electron chi connectivity index (χ1n) is 9.81. The normalized spacial score (nSPS) is 14.7. The van der Waals surface area contributed by atoms with Crippen molar-refractivity contribution in [3.63, 3.8) is 0 Å². The van der Waals surface area contributed by atoms with Crippen molar-refractivity contribution in [1.82, 2.24) is 9.80 Å². The van der Waals surface area contributed by atoms with Crippen LogP contribution in [-0.2, 0) is 16.0 Å². The summed E-state index contributed by atoms with van der Waals surface area (Å²) in [5, 5.41) is 0. The summed E-state index contributed by atoms with van der Waals surface area (Å²) in [6.07, 6.45) is 2.65. The van der Waals surface area contributed by atoms with E-state index in [1.54, 1.807) is 14.2 Å². The summed E-state index contributed by atoms with van der Waals surface area (Å²) in [4.78, 5) is 28.8. The molecule has 0 N–H and O–H groups in total. The number of benzene rings is 1. The summed E-state index contributed by atoms with van der Waals surface area (Å²) in [7, 11) is 3.21. The lowest BCUT2D eigenvalue weighted by Crippen LogP contribution is -2.44. The predicted octanol–water partition coefficient (Wildman–Crippen LogP) is 2.74. The molecule has 0 radical (unpaired) electrons. The van der Waals surface area contributed by atoms with Crippen LogP contribution >= 0.6 is 0 Å². The smallest absolute Gasteiger partial charge is 0.225 e. The molecule has 1 saturated heterocycles. The number of piperidine rings is 1. The van der Waals surface area contributed by atoms with E-state index in [0.717, 1.165) is 31.5 Å². The molecule has 0 bridgehead atoms. The standard InChI is InChI=1S/C21H32N2O4/c1-5-22(6-2)21(25)17-11-13-23(14-12-17)20(24)10-8-16-7-9-18(26-3)19(15-16)27-4/h7,9,15,17H,5-6,8,10-14H2,1-4H3. The maximum absolute atomic E-state index is 12.5. The van der Waals surface area contributed by atoms with Crippen LogP contribution in [0.3, 0.4) is 0 Å². The fourth-order valence-electron chi connectivity index (χ4n) is 3.61. The molecule has 2 amide bonds. The monoisotopic (exact) mass is 376 g/mol. The third kappa shape index (κ3) is 5.37. The number of rotatable bonds is 8. The molecule has 0 saturated carbocycles. The molecule has 150 valence electrons. The van der Waals surface area contributed by atoms with E-state index in [0.29, 0.717) is 37.4 Å². The quantitative estimate of drug-likeness (QED) is 0.700. The van der Waals surface area contributed by atoms with Crippen LogP contribution in [0.15, 0.2) is 18.2 Å². The van der Waals surface area contributed by atoms with E-state index in [4.69, 9.17) is 9.47 Å². The van der Waals surface area contributed by atoms with Crippen molar-refractivity contribution in [2.45, 2.75) is 39.5 Å². The fourth-order valence-corrected chi connectivity index (χ4v) is 3.61. The number of amides is 2. The lowest BCUT2D eigenvalue weighted by atomic mass is 9.94. The summed E-state index contributed by atoms with van der Waals surface area (Å²) in [5.74, 6) is 1.81. The van der Waals surface area contributed by atoms with Gasteiger partial charge in [0.1, 0.15) is 0 Å². The van der Waals surface area contributed by atoms with Crippen LogP contribution in [0.4, 0.5) is 0 Å². The van der Waals surface area contributed by atoms with Gasteiger partial charge in [0.2, 0.25) is 11.8 Å². The van der Waals surface area contributed by atoms with E-state index in [1.165, 1.54) is 0 Å². The highest BCUT2D eigenvalue weighted by molar-refractivity contribution is 5.80. The second-order valence-corrected chi connectivity index (χ2v) is 6.85. The zero-order valence-electron chi connectivity index (χ0n) is 17.0. The topological polar surface area (TPSA) is 59.1 Å². The summed E-state index contributed by atoms with van der Waals surface area (Å²) in [6.45, 7) is 6.85. The summed E-state index contributed by atoms with van der Waals surface area (Å²) in [5.41, 5.74) is 1.05. The van der Waals surface area contributed by atoms with Gasteiger partial charge in [-0.2, -0.15) is 0 Å². The van der Waals surface area contributed by atoms with E-state index in [2.05, 4.69) is 0 Å². The van der Waals surface area contributed by atoms with Crippen LogP contribution in [0.1, 0.15) is 38.7 Å². The van der Waals surface area contributed by atoms with Crippen molar-refractivity contribution >= 4 is 11.8 Å². The maximum Gasteiger partial charge on any atom is 0.225 e. The summed E-state index contributed by atoms with van der Waals surface area (Å²) in [6, 6.07) is 5.74. The molecule has 1 aromatic carbocycles. The van der Waals surface area contributed by atoms with Gasteiger partial charge in [0.25, 0.3) is 0 Å². The Labute approximate surface area is 162 Å². The fraction of sp³-hybridized carbons (Fsp3) is 0.619. The third-order valence-electron chi connectivity index (χ3n) is 5.35. The molecule has 0 aromatic heterocycles. The Hall–Kier alpha value is -2.24. The van der Waals surface area contributed by atoms with Gasteiger partial charge < -0.3 is 19.3 Å². The number of hydrogen-bond donors (Lipinski definition) is 0. The van der Waals surface area contributed by atoms with Crippen LogP contribution in [0.25, 0.3) is 0 Å². The molecule has 6 nitrogen and oxygen atoms in total. The second-order valence-electron chi connectivity index (χ2n) is 6.85. The Morgan fingerprint density at radius 2 is 1.70 bits per heavy atom. The average Bonchev–Trinajstić information content (AvgIpc) is 2.72. The first-order valence-corrected chi connectivity index (χ1v) is 9.81. The second kappa shape index (κ2) is 10.2. The van der Waals surface area contributed by atoms with Crippen molar-refractivity contribution in [2.24, 2.45) is 5.92 Å². The molecule has 0 atom stereocenters. The summed E-state index contributed by atoms with van der Waals surface area (Å²) < 4.78 is 10.6. The highest BCUT2D eigenvalue weighted by Gasteiger charge is 2.29. The molecule has 0 aliphatic carbocycles. The average molecular weight is 376 g/mol. The van der Waals surface area contributed by atoms with Gasteiger partial charge in [-0.15, -0.1) is 0 Å². The number of methoxy groups -OCH3 is 2. The summed E-state index contributed by atoms with van der Waals surface area (Å²) >= 11 is 0. The molecule has 6 heteroatoms. The van der Waals surface area contributed by atoms with E-state index >= 15 is 0 Å². The van der Waals surface area contributed by atoms with Crippen LogP contribution in [0, 0.1) is 5.92 Å². The van der Waals surface area contributed by atoms with Crippen LogP contribution in [0.2, 0.25) is 0 Å². The van der Waals surface area contributed by atoms with Gasteiger partial charge in [-0.3, -0.25) is 9.59 Å². The molecule has 1 fully saturated rings. The van der Waals surface area contributed by atoms with Crippen LogP contribution in [0.5, 0.6) is 11.5 Å². The van der Waals surface area contributed by atoms with E-state index in [-0.39, 0.29) is 17.7 Å². The molecule has 1 aliphatic rings. The highest BCUT2D eigenvalue weighted by atomic mass is 16.5. The zero-order valence-corrected chi connectivity index (χ0v) is 17.0. The van der Waals surface area contributed by atoms with E-state index in [9.17, 15) is 9.59 Å². The van der Waals surface area contributed by atoms with E-state index < -0.39 is 0 Å². The van der Waals surface area contributed by atoms with E-state index in [1.807, 2.05) is 41.8 Å². The minimum Gasteiger partial charge on any atom is -0.493 e. The zero-order chi connectivity index (χ0) is 19.8. The Morgan fingerprint density at radius 1 is 1.07 bits per heavy atom. The first-order chi connectivity index (χ1) is 13.0.